The van der Waals surface area contributed by atoms with Crippen molar-refractivity contribution in [1.29, 1.82) is 0 Å². The van der Waals surface area contributed by atoms with E-state index < -0.39 is 17.2 Å². The molecule has 2 fully saturated rings. The summed E-state index contributed by atoms with van der Waals surface area (Å²) in [7, 11) is 1.52. The number of aromatic nitrogens is 4. The highest BCUT2D eigenvalue weighted by Crippen LogP contribution is 2.23. The number of aromatic amines is 1. The van der Waals surface area contributed by atoms with Crippen LogP contribution in [0.4, 0.5) is 5.95 Å². The van der Waals surface area contributed by atoms with Gasteiger partial charge in [0.25, 0.3) is 5.56 Å². The Morgan fingerprint density at radius 1 is 1.07 bits per heavy atom. The molecule has 2 aromatic heterocycles. The highest BCUT2D eigenvalue weighted by Gasteiger charge is 2.22. The molecule has 0 saturated carbocycles. The van der Waals surface area contributed by atoms with E-state index in [2.05, 4.69) is 15.3 Å². The van der Waals surface area contributed by atoms with Crippen LogP contribution in [0, 0.1) is 0 Å². The molecule has 0 atom stereocenters. The summed E-state index contributed by atoms with van der Waals surface area (Å²) in [6.07, 6.45) is 8.76. The number of fused-ring (bicyclic) bond motifs is 1. The first-order chi connectivity index (χ1) is 14.5. The van der Waals surface area contributed by atoms with E-state index in [1.165, 1.54) is 50.4 Å². The van der Waals surface area contributed by atoms with Gasteiger partial charge < -0.3 is 24.7 Å². The van der Waals surface area contributed by atoms with E-state index in [0.717, 1.165) is 32.4 Å². The van der Waals surface area contributed by atoms with E-state index in [-0.39, 0.29) is 24.1 Å². The molecule has 0 bridgehead atoms. The van der Waals surface area contributed by atoms with Gasteiger partial charge in [0.1, 0.15) is 0 Å². The van der Waals surface area contributed by atoms with Crippen LogP contribution in [-0.2, 0) is 18.4 Å². The molecule has 4 heterocycles. The summed E-state index contributed by atoms with van der Waals surface area (Å²) in [5.74, 6) is -0.662. The number of rotatable bonds is 4. The molecule has 2 saturated heterocycles. The second kappa shape index (κ2) is 10.4. The van der Waals surface area contributed by atoms with Crippen molar-refractivity contribution >= 4 is 23.1 Å². The third-order valence-corrected chi connectivity index (χ3v) is 5.73. The third kappa shape index (κ3) is 5.29. The second-order valence-corrected chi connectivity index (χ2v) is 8.00. The quantitative estimate of drug-likeness (QED) is 0.630. The van der Waals surface area contributed by atoms with Gasteiger partial charge in [-0.05, 0) is 44.9 Å². The molecule has 0 aromatic carbocycles. The first kappa shape index (κ1) is 22.1. The van der Waals surface area contributed by atoms with Gasteiger partial charge in [-0.3, -0.25) is 14.3 Å². The molecule has 166 valence electrons. The summed E-state index contributed by atoms with van der Waals surface area (Å²) < 4.78 is 2.84. The minimum atomic E-state index is -1.20. The van der Waals surface area contributed by atoms with Crippen LogP contribution in [0.2, 0.25) is 0 Å². The van der Waals surface area contributed by atoms with Crippen LogP contribution in [-0.4, -0.2) is 51.3 Å². The lowest BCUT2D eigenvalue weighted by Crippen LogP contribution is -2.83. The number of nitrogens with zero attached hydrogens (tertiary/aromatic N) is 4. The zero-order valence-electron chi connectivity index (χ0n) is 17.7. The summed E-state index contributed by atoms with van der Waals surface area (Å²) in [6, 6.07) is 0. The number of hydrogen-bond donors (Lipinski definition) is 2. The van der Waals surface area contributed by atoms with E-state index in [9.17, 15) is 19.5 Å². The van der Waals surface area contributed by atoms with Crippen LogP contribution >= 0.6 is 0 Å². The van der Waals surface area contributed by atoms with Gasteiger partial charge in [-0.25, -0.2) is 4.79 Å². The van der Waals surface area contributed by atoms with Crippen molar-refractivity contribution in [2.75, 3.05) is 31.1 Å². The largest absolute Gasteiger partial charge is 0.550 e. The van der Waals surface area contributed by atoms with Gasteiger partial charge in [0.2, 0.25) is 5.95 Å². The lowest BCUT2D eigenvalue weighted by atomic mass is 10.1. The lowest BCUT2D eigenvalue weighted by molar-refractivity contribution is -0.653. The Balaban J connectivity index is 0.000000310. The van der Waals surface area contributed by atoms with Crippen molar-refractivity contribution in [3.8, 4) is 0 Å². The molecule has 10 heteroatoms. The number of piperidine rings is 1. The van der Waals surface area contributed by atoms with Crippen LogP contribution in [0.25, 0.3) is 11.2 Å². The zero-order chi connectivity index (χ0) is 21.5. The average Bonchev–Trinajstić information content (AvgIpc) is 2.89. The fourth-order valence-electron chi connectivity index (χ4n) is 4.05. The minimum Gasteiger partial charge on any atom is -0.550 e. The molecule has 0 spiro atoms. The van der Waals surface area contributed by atoms with Crippen molar-refractivity contribution in [3.63, 3.8) is 0 Å². The number of carboxylic acid groups (broad SMARTS) is 1. The summed E-state index contributed by atoms with van der Waals surface area (Å²) in [6.45, 7) is 4.41. The number of carbonyl (C=O) groups is 1. The molecule has 30 heavy (non-hydrogen) atoms. The van der Waals surface area contributed by atoms with Crippen molar-refractivity contribution < 1.29 is 15.2 Å². The lowest BCUT2D eigenvalue weighted by Gasteiger charge is -2.28. The number of aryl methyl sites for hydroxylation is 2. The minimum absolute atomic E-state index is 0.0753. The van der Waals surface area contributed by atoms with Crippen LogP contribution in [0.3, 0.4) is 0 Å². The van der Waals surface area contributed by atoms with Crippen LogP contribution < -0.4 is 26.6 Å². The number of nitrogens with two attached hydrogens (primary N) is 1. The number of anilines is 1. The molecule has 0 radical (unpaired) electrons. The Hall–Kier alpha value is -2.62. The summed E-state index contributed by atoms with van der Waals surface area (Å²) in [5.41, 5.74) is -0.624. The Morgan fingerprint density at radius 2 is 1.70 bits per heavy atom. The highest BCUT2D eigenvalue weighted by atomic mass is 16.4. The number of quaternary nitrogens is 1. The molecule has 2 aromatic rings. The number of imidazole rings is 1. The number of hydrogen-bond acceptors (Lipinski definition) is 6. The van der Waals surface area contributed by atoms with Crippen molar-refractivity contribution in [2.24, 2.45) is 7.05 Å². The monoisotopic (exact) mass is 420 g/mol. The van der Waals surface area contributed by atoms with Gasteiger partial charge in [-0.2, -0.15) is 4.98 Å². The third-order valence-electron chi connectivity index (χ3n) is 5.73. The molecule has 2 aliphatic heterocycles. The number of aliphatic carboxylic acids is 1. The topological polar surface area (TPSA) is 133 Å². The highest BCUT2D eigenvalue weighted by molar-refractivity contribution is 5.75. The van der Waals surface area contributed by atoms with E-state index in [0.29, 0.717) is 5.95 Å². The molecule has 0 aliphatic carbocycles. The van der Waals surface area contributed by atoms with Gasteiger partial charge in [0.15, 0.2) is 11.2 Å². The molecule has 0 unspecified atom stereocenters. The number of H-pyrrole nitrogens is 1. The first-order valence-corrected chi connectivity index (χ1v) is 10.9. The zero-order valence-corrected chi connectivity index (χ0v) is 17.7. The molecular weight excluding hydrogens is 388 g/mol. The normalized spacial score (nSPS) is 17.3. The molecular formula is C20H32N6O4. The standard InChI is InChI=1S/C14H19N5O4.C6H13N/c1-17-11-10(12(22)16-14(17)23)19(8-5-9(20)21)13(15-11)18-6-3-2-4-7-18;1-2-4-6-7-5-3-1/h2-8H2,1H3,(H,20,21)(H,16,22,23);7H,1-6H2. The van der Waals surface area contributed by atoms with Crippen LogP contribution in [0.1, 0.15) is 51.4 Å². The van der Waals surface area contributed by atoms with E-state index in [1.807, 2.05) is 4.90 Å². The summed E-state index contributed by atoms with van der Waals surface area (Å²) in [5, 5.41) is 13.2. The van der Waals surface area contributed by atoms with Gasteiger partial charge in [0.05, 0.1) is 13.1 Å². The SMILES string of the molecule is C1CCC[NH2+]CC1.Cn1c(=O)[nH]c(=O)c2c1nc(N1CCCCC1)n2CCC(=O)[O-]. The van der Waals surface area contributed by atoms with Gasteiger partial charge in [-0.15, -0.1) is 0 Å². The first-order valence-electron chi connectivity index (χ1n) is 10.9. The fraction of sp³-hybridized carbons (Fsp3) is 0.700. The summed E-state index contributed by atoms with van der Waals surface area (Å²) in [4.78, 5) is 43.5. The maximum Gasteiger partial charge on any atom is 0.329 e. The Morgan fingerprint density at radius 3 is 2.33 bits per heavy atom. The number of nitrogens with one attached hydrogen (secondary N) is 1. The molecule has 2 aliphatic rings. The van der Waals surface area contributed by atoms with Gasteiger partial charge >= 0.3 is 5.69 Å². The van der Waals surface area contributed by atoms with E-state index in [4.69, 9.17) is 0 Å². The molecule has 4 rings (SSSR count). The van der Waals surface area contributed by atoms with Crippen LogP contribution in [0.15, 0.2) is 9.59 Å². The van der Waals surface area contributed by atoms with Crippen molar-refractivity contribution in [3.05, 3.63) is 20.8 Å². The van der Waals surface area contributed by atoms with E-state index >= 15 is 0 Å². The Labute approximate surface area is 174 Å². The van der Waals surface area contributed by atoms with Gasteiger partial charge in [0, 0.05) is 39.1 Å². The van der Waals surface area contributed by atoms with Crippen LogP contribution in [0.5, 0.6) is 0 Å². The summed E-state index contributed by atoms with van der Waals surface area (Å²) >= 11 is 0. The van der Waals surface area contributed by atoms with Crippen molar-refractivity contribution in [2.45, 2.75) is 57.9 Å². The maximum atomic E-state index is 12.2. The predicted octanol–water partition coefficient (Wildman–Crippen LogP) is -1.32. The second-order valence-electron chi connectivity index (χ2n) is 8.00. The Bertz CT molecular complexity index is 950. The predicted molar refractivity (Wildman–Crippen MR) is 111 cm³/mol. The maximum absolute atomic E-state index is 12.2. The van der Waals surface area contributed by atoms with Gasteiger partial charge in [-0.1, -0.05) is 0 Å². The molecule has 0 amide bonds. The fourth-order valence-corrected chi connectivity index (χ4v) is 4.05. The smallest absolute Gasteiger partial charge is 0.329 e. The van der Waals surface area contributed by atoms with E-state index in [1.54, 1.807) is 4.57 Å². The molecule has 3 N–H and O–H groups in total. The molecule has 10 nitrogen and oxygen atoms in total. The number of carbonyl (C=O) groups excluding carboxylic acids is 1. The van der Waals surface area contributed by atoms with Crippen molar-refractivity contribution in [1.82, 2.24) is 19.1 Å². The average molecular weight is 421 g/mol. The number of carboxylic acids is 1. The Kier molecular flexibility index (Phi) is 7.67.